The number of hydrogen-bond acceptors (Lipinski definition) is 1. The summed E-state index contributed by atoms with van der Waals surface area (Å²) in [6.45, 7) is 0. The van der Waals surface area contributed by atoms with Gasteiger partial charge in [0.05, 0.1) is 5.56 Å². The van der Waals surface area contributed by atoms with Crippen LogP contribution in [0, 0.1) is 11.3 Å². The molecule has 0 radical (unpaired) electrons. The molecule has 11 heavy (non-hydrogen) atoms. The molecule has 0 atom stereocenters. The van der Waals surface area contributed by atoms with Gasteiger partial charge in [-0.1, -0.05) is 0 Å². The zero-order valence-corrected chi connectivity index (χ0v) is 5.24. The predicted molar refractivity (Wildman–Crippen MR) is 30.5 cm³/mol. The molecule has 0 aromatic carbocycles. The number of nitrogens with one attached hydrogen (secondary N) is 1. The van der Waals surface area contributed by atoms with Crippen LogP contribution >= 0.6 is 0 Å². The van der Waals surface area contributed by atoms with Crippen molar-refractivity contribution in [2.45, 2.75) is 6.18 Å². The van der Waals surface area contributed by atoms with E-state index in [2.05, 4.69) is 0 Å². The summed E-state index contributed by atoms with van der Waals surface area (Å²) in [5.74, 6) is 0. The van der Waals surface area contributed by atoms with Gasteiger partial charge in [0.1, 0.15) is 11.8 Å². The van der Waals surface area contributed by atoms with E-state index in [-0.39, 0.29) is 5.56 Å². The van der Waals surface area contributed by atoms with E-state index in [4.69, 9.17) is 5.26 Å². The highest BCUT2D eigenvalue weighted by Crippen LogP contribution is 2.28. The number of H-pyrrole nitrogens is 1. The summed E-state index contributed by atoms with van der Waals surface area (Å²) in [4.78, 5) is 1.95. The van der Waals surface area contributed by atoms with E-state index in [9.17, 15) is 13.2 Å². The van der Waals surface area contributed by atoms with Crippen molar-refractivity contribution in [3.63, 3.8) is 0 Å². The molecular weight excluding hydrogens is 157 g/mol. The molecule has 5 heteroatoms. The van der Waals surface area contributed by atoms with Gasteiger partial charge in [0.25, 0.3) is 0 Å². The molecule has 0 fully saturated rings. The molecule has 58 valence electrons. The molecule has 1 aromatic rings. The number of aromatic amines is 1. The Morgan fingerprint density at radius 2 is 2.09 bits per heavy atom. The number of aromatic nitrogens is 1. The van der Waals surface area contributed by atoms with Gasteiger partial charge in [-0.05, 0) is 6.07 Å². The van der Waals surface area contributed by atoms with Crippen LogP contribution in [0.3, 0.4) is 0 Å². The summed E-state index contributed by atoms with van der Waals surface area (Å²) in [6.07, 6.45) is -3.38. The third-order valence-corrected chi connectivity index (χ3v) is 1.12. The molecule has 0 bridgehead atoms. The van der Waals surface area contributed by atoms with Gasteiger partial charge < -0.3 is 4.98 Å². The van der Waals surface area contributed by atoms with Gasteiger partial charge in [-0.3, -0.25) is 0 Å². The quantitative estimate of drug-likeness (QED) is 0.618. The molecule has 0 unspecified atom stereocenters. The monoisotopic (exact) mass is 160 g/mol. The first kappa shape index (κ1) is 7.66. The fourth-order valence-corrected chi connectivity index (χ4v) is 0.623. The summed E-state index contributed by atoms with van der Waals surface area (Å²) < 4.78 is 35.4. The normalized spacial score (nSPS) is 11.1. The molecule has 1 rings (SSSR count). The molecule has 1 aromatic heterocycles. The van der Waals surface area contributed by atoms with Crippen molar-refractivity contribution < 1.29 is 13.2 Å². The van der Waals surface area contributed by atoms with Crippen molar-refractivity contribution in [2.75, 3.05) is 0 Å². The molecule has 1 N–H and O–H groups in total. The number of nitriles is 1. The van der Waals surface area contributed by atoms with E-state index in [0.717, 1.165) is 12.3 Å². The Balaban J connectivity index is 3.01. The van der Waals surface area contributed by atoms with Crippen LogP contribution in [0.15, 0.2) is 12.3 Å². The zero-order chi connectivity index (χ0) is 8.48. The van der Waals surface area contributed by atoms with Crippen LogP contribution in [0.1, 0.15) is 11.3 Å². The second-order valence-corrected chi connectivity index (χ2v) is 1.91. The number of nitrogens with zero attached hydrogens (tertiary/aromatic N) is 1. The van der Waals surface area contributed by atoms with Crippen LogP contribution in [-0.4, -0.2) is 4.98 Å². The Kier molecular flexibility index (Phi) is 1.61. The lowest BCUT2D eigenvalue weighted by atomic mass is 10.3. The average molecular weight is 160 g/mol. The number of hydrogen-bond donors (Lipinski definition) is 1. The van der Waals surface area contributed by atoms with Crippen LogP contribution in [-0.2, 0) is 6.18 Å². The summed E-state index contributed by atoms with van der Waals surface area (Å²) in [5.41, 5.74) is -0.911. The minimum Gasteiger partial charge on any atom is -0.356 e. The van der Waals surface area contributed by atoms with Crippen molar-refractivity contribution in [3.05, 3.63) is 23.5 Å². The van der Waals surface area contributed by atoms with Crippen molar-refractivity contribution in [2.24, 2.45) is 0 Å². The van der Waals surface area contributed by atoms with Crippen LogP contribution in [0.4, 0.5) is 13.2 Å². The lowest BCUT2D eigenvalue weighted by molar-refractivity contribution is -0.140. The van der Waals surface area contributed by atoms with Crippen molar-refractivity contribution >= 4 is 0 Å². The fraction of sp³-hybridized carbons (Fsp3) is 0.167. The molecule has 0 aliphatic heterocycles. The van der Waals surface area contributed by atoms with Gasteiger partial charge in [0, 0.05) is 6.20 Å². The minimum atomic E-state index is -4.39. The van der Waals surface area contributed by atoms with Crippen LogP contribution in [0.25, 0.3) is 0 Å². The molecule has 1 heterocycles. The van der Waals surface area contributed by atoms with Crippen LogP contribution in [0.2, 0.25) is 0 Å². The third-order valence-electron chi connectivity index (χ3n) is 1.12. The van der Waals surface area contributed by atoms with Gasteiger partial charge in [0.2, 0.25) is 0 Å². The predicted octanol–water partition coefficient (Wildman–Crippen LogP) is 1.91. The third kappa shape index (κ3) is 1.52. The maximum atomic E-state index is 11.8. The van der Waals surface area contributed by atoms with Gasteiger partial charge >= 0.3 is 6.18 Å². The van der Waals surface area contributed by atoms with Gasteiger partial charge in [-0.15, -0.1) is 0 Å². The highest BCUT2D eigenvalue weighted by atomic mass is 19.4. The Bertz CT molecular complexity index is 292. The van der Waals surface area contributed by atoms with E-state index in [0.29, 0.717) is 0 Å². The molecule has 0 saturated carbocycles. The SMILES string of the molecule is N#Cc1c[nH]c(C(F)(F)F)c1. The summed E-state index contributed by atoms with van der Waals surface area (Å²) in [7, 11) is 0. The first-order chi connectivity index (χ1) is 5.04. The van der Waals surface area contributed by atoms with Crippen molar-refractivity contribution in [3.8, 4) is 6.07 Å². The topological polar surface area (TPSA) is 39.6 Å². The lowest BCUT2D eigenvalue weighted by Crippen LogP contribution is -2.04. The first-order valence-electron chi connectivity index (χ1n) is 2.70. The molecule has 0 amide bonds. The highest BCUT2D eigenvalue weighted by Gasteiger charge is 2.32. The van der Waals surface area contributed by atoms with E-state index < -0.39 is 11.9 Å². The maximum Gasteiger partial charge on any atom is 0.431 e. The Morgan fingerprint density at radius 3 is 2.36 bits per heavy atom. The zero-order valence-electron chi connectivity index (χ0n) is 5.24. The Labute approximate surface area is 60.3 Å². The number of alkyl halides is 3. The average Bonchev–Trinajstić information content (AvgIpc) is 2.32. The summed E-state index contributed by atoms with van der Waals surface area (Å²) in [5, 5.41) is 8.18. The van der Waals surface area contributed by atoms with Crippen molar-refractivity contribution in [1.82, 2.24) is 4.98 Å². The minimum absolute atomic E-state index is 0.0164. The van der Waals surface area contributed by atoms with Gasteiger partial charge in [-0.2, -0.15) is 18.4 Å². The van der Waals surface area contributed by atoms with Gasteiger partial charge in [0.15, 0.2) is 0 Å². The smallest absolute Gasteiger partial charge is 0.356 e. The van der Waals surface area contributed by atoms with Crippen molar-refractivity contribution in [1.29, 1.82) is 5.26 Å². The summed E-state index contributed by atoms with van der Waals surface area (Å²) in [6, 6.07) is 2.35. The van der Waals surface area contributed by atoms with Crippen LogP contribution in [0.5, 0.6) is 0 Å². The molecule has 0 aliphatic rings. The largest absolute Gasteiger partial charge is 0.431 e. The van der Waals surface area contributed by atoms with E-state index in [1.807, 2.05) is 4.98 Å². The van der Waals surface area contributed by atoms with E-state index in [1.54, 1.807) is 6.07 Å². The Hall–Kier alpha value is -1.44. The molecule has 0 spiro atoms. The molecule has 2 nitrogen and oxygen atoms in total. The standard InChI is InChI=1S/C6H3F3N2/c7-6(8,9)5-1-4(2-10)3-11-5/h1,3,11H. The number of rotatable bonds is 0. The molecule has 0 aliphatic carbocycles. The number of halogens is 3. The second-order valence-electron chi connectivity index (χ2n) is 1.91. The lowest BCUT2D eigenvalue weighted by Gasteiger charge is -2.00. The molecule has 0 saturated heterocycles. The second kappa shape index (κ2) is 2.31. The van der Waals surface area contributed by atoms with Crippen LogP contribution < -0.4 is 0 Å². The maximum absolute atomic E-state index is 11.8. The summed E-state index contributed by atoms with van der Waals surface area (Å²) >= 11 is 0. The highest BCUT2D eigenvalue weighted by molar-refractivity contribution is 5.29. The van der Waals surface area contributed by atoms with E-state index >= 15 is 0 Å². The first-order valence-corrected chi connectivity index (χ1v) is 2.70. The molecular formula is C6H3F3N2. The Morgan fingerprint density at radius 1 is 1.45 bits per heavy atom. The fourth-order valence-electron chi connectivity index (χ4n) is 0.623. The van der Waals surface area contributed by atoms with E-state index in [1.165, 1.54) is 0 Å². The van der Waals surface area contributed by atoms with Gasteiger partial charge in [-0.25, -0.2) is 0 Å².